The van der Waals surface area contributed by atoms with Gasteiger partial charge in [0.2, 0.25) is 0 Å². The molecular formula is C28H25N5O9S2. The van der Waals surface area contributed by atoms with E-state index in [-0.39, 0.29) is 21.8 Å². The van der Waals surface area contributed by atoms with Crippen LogP contribution in [0.2, 0.25) is 0 Å². The van der Waals surface area contributed by atoms with E-state index in [1.807, 2.05) is 0 Å². The molecule has 0 bridgehead atoms. The van der Waals surface area contributed by atoms with Crippen LogP contribution in [0.5, 0.6) is 5.75 Å². The highest BCUT2D eigenvalue weighted by molar-refractivity contribution is 7.93. The van der Waals surface area contributed by atoms with Crippen LogP contribution in [0.3, 0.4) is 0 Å². The van der Waals surface area contributed by atoms with E-state index in [0.29, 0.717) is 22.7 Å². The van der Waals surface area contributed by atoms with Gasteiger partial charge in [-0.25, -0.2) is 21.6 Å². The quantitative estimate of drug-likeness (QED) is 0.0951. The maximum Gasteiger partial charge on any atom is 0.337 e. The predicted octanol–water partition coefficient (Wildman–Crippen LogP) is 4.74. The summed E-state index contributed by atoms with van der Waals surface area (Å²) in [6.45, 7) is 1.58. The molecule has 16 heteroatoms. The minimum Gasteiger partial charge on any atom is -0.497 e. The van der Waals surface area contributed by atoms with Gasteiger partial charge in [0, 0.05) is 11.8 Å². The second-order valence-corrected chi connectivity index (χ2v) is 12.4. The minimum absolute atomic E-state index is 0.00940. The number of ether oxygens (including phenoxy) is 1. The molecule has 0 atom stereocenters. The molecule has 4 aromatic carbocycles. The normalized spacial score (nSPS) is 11.8. The number of carbonyl (C=O) groups is 1. The minimum atomic E-state index is -4.40. The Hall–Kier alpha value is -5.48. The lowest BCUT2D eigenvalue weighted by molar-refractivity contribution is -0.384. The van der Waals surface area contributed by atoms with Gasteiger partial charge in [0.1, 0.15) is 11.4 Å². The van der Waals surface area contributed by atoms with Crippen molar-refractivity contribution >= 4 is 54.5 Å². The fraction of sp³-hybridized carbons (Fsp3) is 0.0714. The number of anilines is 3. The third-order valence-electron chi connectivity index (χ3n) is 6.15. The Morgan fingerprint density at radius 3 is 2.07 bits per heavy atom. The third-order valence-corrected chi connectivity index (χ3v) is 8.91. The Morgan fingerprint density at radius 2 is 1.45 bits per heavy atom. The first-order valence-electron chi connectivity index (χ1n) is 12.5. The number of carboxylic acid groups (broad SMARTS) is 1. The van der Waals surface area contributed by atoms with E-state index in [2.05, 4.69) is 20.0 Å². The van der Waals surface area contributed by atoms with Gasteiger partial charge in [-0.1, -0.05) is 24.3 Å². The highest BCUT2D eigenvalue weighted by Gasteiger charge is 2.23. The van der Waals surface area contributed by atoms with Gasteiger partial charge in [0.15, 0.2) is 0 Å². The van der Waals surface area contributed by atoms with Gasteiger partial charge >= 0.3 is 5.97 Å². The maximum absolute atomic E-state index is 12.9. The molecule has 0 saturated carbocycles. The second-order valence-electron chi connectivity index (χ2n) is 9.06. The first-order valence-corrected chi connectivity index (χ1v) is 15.5. The van der Waals surface area contributed by atoms with Gasteiger partial charge in [-0.2, -0.15) is 5.10 Å². The van der Waals surface area contributed by atoms with Crippen molar-refractivity contribution < 1.29 is 36.4 Å². The summed E-state index contributed by atoms with van der Waals surface area (Å²) in [5.41, 5.74) is 2.50. The number of aromatic carboxylic acids is 1. The van der Waals surface area contributed by atoms with Crippen LogP contribution in [0.4, 0.5) is 22.7 Å². The van der Waals surface area contributed by atoms with Crippen molar-refractivity contribution in [1.82, 2.24) is 0 Å². The number of hydrazone groups is 1. The smallest absolute Gasteiger partial charge is 0.337 e. The number of benzene rings is 4. The highest BCUT2D eigenvalue weighted by Crippen LogP contribution is 2.29. The second kappa shape index (κ2) is 12.8. The van der Waals surface area contributed by atoms with E-state index in [1.165, 1.54) is 55.6 Å². The molecule has 0 aliphatic heterocycles. The number of nitro benzene ring substituents is 1. The molecule has 14 nitrogen and oxygen atoms in total. The zero-order valence-electron chi connectivity index (χ0n) is 23.1. The number of para-hydroxylation sites is 1. The van der Waals surface area contributed by atoms with Crippen LogP contribution in [0.25, 0.3) is 0 Å². The van der Waals surface area contributed by atoms with E-state index in [1.54, 1.807) is 31.2 Å². The molecule has 0 radical (unpaired) electrons. The molecule has 0 heterocycles. The number of nitrogens with one attached hydrogen (secondary N) is 3. The number of rotatable bonds is 12. The Kier molecular flexibility index (Phi) is 9.15. The molecule has 0 saturated heterocycles. The Labute approximate surface area is 252 Å². The molecule has 0 unspecified atom stereocenters. The average Bonchev–Trinajstić information content (AvgIpc) is 3.00. The Balaban J connectivity index is 1.51. The Bertz CT molecular complexity index is 1960. The van der Waals surface area contributed by atoms with Crippen molar-refractivity contribution in [2.24, 2.45) is 5.10 Å². The molecule has 4 N–H and O–H groups in total. The number of hydrogen-bond donors (Lipinski definition) is 4. The lowest BCUT2D eigenvalue weighted by Crippen LogP contribution is -2.16. The predicted molar refractivity (Wildman–Crippen MR) is 163 cm³/mol. The lowest BCUT2D eigenvalue weighted by atomic mass is 10.1. The summed E-state index contributed by atoms with van der Waals surface area (Å²) in [4.78, 5) is 21.9. The summed E-state index contributed by atoms with van der Waals surface area (Å²) in [5, 5.41) is 25.2. The molecule has 228 valence electrons. The number of methoxy groups -OCH3 is 1. The van der Waals surface area contributed by atoms with Gasteiger partial charge in [0.25, 0.3) is 25.7 Å². The average molecular weight is 640 g/mol. The van der Waals surface area contributed by atoms with E-state index in [9.17, 15) is 36.9 Å². The van der Waals surface area contributed by atoms with E-state index >= 15 is 0 Å². The molecule has 0 aliphatic carbocycles. The van der Waals surface area contributed by atoms with Gasteiger partial charge < -0.3 is 9.84 Å². The van der Waals surface area contributed by atoms with Crippen LogP contribution in [-0.4, -0.2) is 45.7 Å². The first-order chi connectivity index (χ1) is 20.8. The third kappa shape index (κ3) is 7.29. The standard InChI is InChI=1S/C28H25N5O9S2/c1-18(19-7-13-22(14-8-19)43(38,39)31-20-9-11-21(42-2)12-10-20)29-30-26-16-15-23(17-27(26)33(36)37)44(40,41)32-25-6-4-3-5-24(25)28(34)35/h3-17,30-32H,1-2H3,(H,34,35). The van der Waals surface area contributed by atoms with Gasteiger partial charge in [0.05, 0.1) is 38.8 Å². The SMILES string of the molecule is COc1ccc(NS(=O)(=O)c2ccc(C(C)=NNc3ccc(S(=O)(=O)Nc4ccccc4C(=O)O)cc3[N+](=O)[O-])cc2)cc1. The number of sulfonamides is 2. The highest BCUT2D eigenvalue weighted by atomic mass is 32.2. The molecule has 44 heavy (non-hydrogen) atoms. The molecule has 0 fully saturated rings. The van der Waals surface area contributed by atoms with Crippen molar-refractivity contribution in [3.63, 3.8) is 0 Å². The van der Waals surface area contributed by atoms with Crippen molar-refractivity contribution in [2.75, 3.05) is 22.0 Å². The van der Waals surface area contributed by atoms with Gasteiger partial charge in [-0.05, 0) is 73.2 Å². The van der Waals surface area contributed by atoms with Crippen LogP contribution in [0.1, 0.15) is 22.8 Å². The first kappa shape index (κ1) is 31.5. The van der Waals surface area contributed by atoms with Crippen molar-refractivity contribution in [2.45, 2.75) is 16.7 Å². The number of nitrogens with zero attached hydrogens (tertiary/aromatic N) is 2. The number of carboxylic acids is 1. The summed E-state index contributed by atoms with van der Waals surface area (Å²) in [6, 6.07) is 20.5. The van der Waals surface area contributed by atoms with Crippen LogP contribution in [-0.2, 0) is 20.0 Å². The molecule has 4 aromatic rings. The van der Waals surface area contributed by atoms with E-state index < -0.39 is 41.5 Å². The molecule has 0 aromatic heterocycles. The van der Waals surface area contributed by atoms with Crippen LogP contribution in [0, 0.1) is 10.1 Å². The number of nitro groups is 1. The molecule has 4 rings (SSSR count). The molecule has 0 spiro atoms. The zero-order valence-corrected chi connectivity index (χ0v) is 24.7. The molecule has 0 aliphatic rings. The summed E-state index contributed by atoms with van der Waals surface area (Å²) in [6.07, 6.45) is 0. The van der Waals surface area contributed by atoms with Crippen LogP contribution in [0.15, 0.2) is 106 Å². The van der Waals surface area contributed by atoms with Gasteiger partial charge in [-0.15, -0.1) is 0 Å². The molecular weight excluding hydrogens is 614 g/mol. The summed E-state index contributed by atoms with van der Waals surface area (Å²) < 4.78 is 61.1. The van der Waals surface area contributed by atoms with Crippen molar-refractivity contribution in [1.29, 1.82) is 0 Å². The maximum atomic E-state index is 12.9. The van der Waals surface area contributed by atoms with Crippen molar-refractivity contribution in [3.05, 3.63) is 112 Å². The number of hydrogen-bond acceptors (Lipinski definition) is 10. The van der Waals surface area contributed by atoms with E-state index in [4.69, 9.17) is 4.74 Å². The topological polar surface area (TPSA) is 206 Å². The summed E-state index contributed by atoms with van der Waals surface area (Å²) in [7, 11) is -6.79. The monoisotopic (exact) mass is 639 g/mol. The fourth-order valence-corrected chi connectivity index (χ4v) is 6.00. The van der Waals surface area contributed by atoms with Crippen molar-refractivity contribution in [3.8, 4) is 5.75 Å². The van der Waals surface area contributed by atoms with Crippen LogP contribution >= 0.6 is 0 Å². The summed E-state index contributed by atoms with van der Waals surface area (Å²) in [5.74, 6) is -0.785. The molecule has 0 amide bonds. The fourth-order valence-electron chi connectivity index (χ4n) is 3.84. The lowest BCUT2D eigenvalue weighted by Gasteiger charge is -2.11. The largest absolute Gasteiger partial charge is 0.497 e. The Morgan fingerprint density at radius 1 is 0.841 bits per heavy atom. The summed E-state index contributed by atoms with van der Waals surface area (Å²) >= 11 is 0. The van der Waals surface area contributed by atoms with Crippen LogP contribution < -0.4 is 19.6 Å². The zero-order chi connectivity index (χ0) is 32.1. The van der Waals surface area contributed by atoms with E-state index in [0.717, 1.165) is 18.2 Å². The van der Waals surface area contributed by atoms with Gasteiger partial charge in [-0.3, -0.25) is 25.0 Å².